The third-order valence-corrected chi connectivity index (χ3v) is 2.38. The van der Waals surface area contributed by atoms with Crippen molar-refractivity contribution in [1.82, 2.24) is 14.9 Å². The summed E-state index contributed by atoms with van der Waals surface area (Å²) < 4.78 is 0. The summed E-state index contributed by atoms with van der Waals surface area (Å²) in [5.74, 6) is -0.819. The number of hydrogen-bond acceptors (Lipinski definition) is 3. The summed E-state index contributed by atoms with van der Waals surface area (Å²) >= 11 is 0. The molecule has 0 fully saturated rings. The number of nitrogens with zero attached hydrogens (tertiary/aromatic N) is 2. The number of aromatic amines is 1. The fourth-order valence-corrected chi connectivity index (χ4v) is 1.72. The molecule has 84 valence electrons. The van der Waals surface area contributed by atoms with E-state index in [9.17, 15) is 4.79 Å². The molecular weight excluding hydrogens is 206 g/mol. The Balaban J connectivity index is 2.18. The van der Waals surface area contributed by atoms with Gasteiger partial charge in [0.2, 0.25) is 0 Å². The Morgan fingerprint density at radius 3 is 3.19 bits per heavy atom. The molecule has 2 N–H and O–H groups in total. The number of carboxylic acid groups (broad SMARTS) is 1. The molecule has 0 atom stereocenters. The smallest absolute Gasteiger partial charge is 0.317 e. The van der Waals surface area contributed by atoms with Gasteiger partial charge in [-0.05, 0) is 24.7 Å². The van der Waals surface area contributed by atoms with Gasteiger partial charge in [-0.3, -0.25) is 9.69 Å². The molecule has 2 rings (SSSR count). The summed E-state index contributed by atoms with van der Waals surface area (Å²) in [5.41, 5.74) is 1.90. The molecule has 0 radical (unpaired) electrons. The van der Waals surface area contributed by atoms with Crippen molar-refractivity contribution in [3.63, 3.8) is 0 Å². The van der Waals surface area contributed by atoms with Gasteiger partial charge < -0.3 is 10.1 Å². The summed E-state index contributed by atoms with van der Waals surface area (Å²) in [5, 5.41) is 9.71. The number of carboxylic acids is 1. The molecule has 0 saturated heterocycles. The van der Waals surface area contributed by atoms with Crippen molar-refractivity contribution in [3.8, 4) is 0 Å². The second-order valence-electron chi connectivity index (χ2n) is 3.78. The highest BCUT2D eigenvalue weighted by atomic mass is 16.4. The van der Waals surface area contributed by atoms with E-state index in [0.717, 1.165) is 16.6 Å². The van der Waals surface area contributed by atoms with Gasteiger partial charge in [0.1, 0.15) is 5.65 Å². The fraction of sp³-hybridized carbons (Fsp3) is 0.273. The van der Waals surface area contributed by atoms with Crippen LogP contribution in [-0.4, -0.2) is 39.5 Å². The van der Waals surface area contributed by atoms with E-state index in [4.69, 9.17) is 5.11 Å². The van der Waals surface area contributed by atoms with Crippen LogP contribution in [0.25, 0.3) is 11.0 Å². The zero-order valence-corrected chi connectivity index (χ0v) is 8.97. The molecule has 0 aliphatic rings. The highest BCUT2D eigenvalue weighted by Crippen LogP contribution is 2.16. The molecule has 16 heavy (non-hydrogen) atoms. The van der Waals surface area contributed by atoms with Gasteiger partial charge in [0.25, 0.3) is 0 Å². The summed E-state index contributed by atoms with van der Waals surface area (Å²) in [6, 6.07) is 3.85. The van der Waals surface area contributed by atoms with Gasteiger partial charge in [-0.25, -0.2) is 4.98 Å². The zero-order chi connectivity index (χ0) is 11.5. The number of carbonyl (C=O) groups is 1. The van der Waals surface area contributed by atoms with Crippen molar-refractivity contribution < 1.29 is 9.90 Å². The molecule has 0 bridgehead atoms. The van der Waals surface area contributed by atoms with Crippen molar-refractivity contribution in [2.75, 3.05) is 13.6 Å². The Morgan fingerprint density at radius 2 is 2.44 bits per heavy atom. The number of fused-ring (bicyclic) bond motifs is 1. The minimum absolute atomic E-state index is 0.0347. The third-order valence-electron chi connectivity index (χ3n) is 2.38. The largest absolute Gasteiger partial charge is 0.480 e. The second kappa shape index (κ2) is 4.32. The van der Waals surface area contributed by atoms with Crippen molar-refractivity contribution >= 4 is 17.0 Å². The molecule has 0 saturated carbocycles. The lowest BCUT2D eigenvalue weighted by Crippen LogP contribution is -2.24. The summed E-state index contributed by atoms with van der Waals surface area (Å²) in [4.78, 5) is 19.5. The molecule has 0 aliphatic heterocycles. The molecule has 0 aliphatic carbocycles. The van der Waals surface area contributed by atoms with E-state index in [-0.39, 0.29) is 6.54 Å². The maximum atomic E-state index is 10.5. The molecule has 0 spiro atoms. The van der Waals surface area contributed by atoms with Crippen molar-refractivity contribution in [2.45, 2.75) is 6.54 Å². The molecule has 2 heterocycles. The predicted molar refractivity (Wildman–Crippen MR) is 60.1 cm³/mol. The van der Waals surface area contributed by atoms with Crippen LogP contribution in [0.1, 0.15) is 5.56 Å². The summed E-state index contributed by atoms with van der Waals surface area (Å²) in [7, 11) is 1.78. The molecule has 0 amide bonds. The van der Waals surface area contributed by atoms with Crippen LogP contribution in [0.4, 0.5) is 0 Å². The normalized spacial score (nSPS) is 11.1. The van der Waals surface area contributed by atoms with Crippen LogP contribution in [-0.2, 0) is 11.3 Å². The van der Waals surface area contributed by atoms with Crippen LogP contribution in [0.5, 0.6) is 0 Å². The summed E-state index contributed by atoms with van der Waals surface area (Å²) in [6.45, 7) is 0.630. The summed E-state index contributed by atoms with van der Waals surface area (Å²) in [6.07, 6.45) is 3.60. The lowest BCUT2D eigenvalue weighted by atomic mass is 10.2. The number of pyridine rings is 1. The van der Waals surface area contributed by atoms with Crippen LogP contribution in [0.15, 0.2) is 24.5 Å². The first-order valence-corrected chi connectivity index (χ1v) is 4.98. The van der Waals surface area contributed by atoms with E-state index in [0.29, 0.717) is 6.54 Å². The highest BCUT2D eigenvalue weighted by molar-refractivity contribution is 5.79. The van der Waals surface area contributed by atoms with Crippen LogP contribution < -0.4 is 0 Å². The van der Waals surface area contributed by atoms with Crippen LogP contribution in [0.2, 0.25) is 0 Å². The van der Waals surface area contributed by atoms with Crippen LogP contribution in [0.3, 0.4) is 0 Å². The molecule has 5 heteroatoms. The van der Waals surface area contributed by atoms with Crippen LogP contribution >= 0.6 is 0 Å². The number of rotatable bonds is 4. The number of hydrogen-bond donors (Lipinski definition) is 2. The quantitative estimate of drug-likeness (QED) is 0.807. The SMILES string of the molecule is CN(CC(=O)O)Cc1c[nH]c2ncccc12. The lowest BCUT2D eigenvalue weighted by molar-refractivity contribution is -0.138. The zero-order valence-electron chi connectivity index (χ0n) is 8.97. The molecule has 0 aromatic carbocycles. The lowest BCUT2D eigenvalue weighted by Gasteiger charge is -2.12. The van der Waals surface area contributed by atoms with E-state index in [1.807, 2.05) is 18.3 Å². The Hall–Kier alpha value is -1.88. The minimum atomic E-state index is -0.819. The molecule has 2 aromatic rings. The van der Waals surface area contributed by atoms with Gasteiger partial charge in [0.15, 0.2) is 0 Å². The first-order chi connectivity index (χ1) is 7.66. The molecule has 5 nitrogen and oxygen atoms in total. The minimum Gasteiger partial charge on any atom is -0.480 e. The average Bonchev–Trinajstić information content (AvgIpc) is 2.61. The highest BCUT2D eigenvalue weighted by Gasteiger charge is 2.08. The average molecular weight is 219 g/mol. The van der Waals surface area contributed by atoms with E-state index in [2.05, 4.69) is 9.97 Å². The molecular formula is C11H13N3O2. The second-order valence-corrected chi connectivity index (χ2v) is 3.78. The Kier molecular flexibility index (Phi) is 2.87. The van der Waals surface area contributed by atoms with Crippen molar-refractivity contribution in [3.05, 3.63) is 30.1 Å². The number of nitrogens with one attached hydrogen (secondary N) is 1. The number of likely N-dealkylation sites (N-methyl/N-ethyl adjacent to an activating group) is 1. The molecule has 2 aromatic heterocycles. The van der Waals surface area contributed by atoms with Gasteiger partial charge in [0.05, 0.1) is 6.54 Å². The van der Waals surface area contributed by atoms with Crippen molar-refractivity contribution in [2.24, 2.45) is 0 Å². The van der Waals surface area contributed by atoms with Crippen LogP contribution in [0, 0.1) is 0 Å². The molecule has 0 unspecified atom stereocenters. The number of aliphatic carboxylic acids is 1. The Morgan fingerprint density at radius 1 is 1.62 bits per heavy atom. The van der Waals surface area contributed by atoms with E-state index in [1.54, 1.807) is 18.1 Å². The maximum Gasteiger partial charge on any atom is 0.317 e. The van der Waals surface area contributed by atoms with Gasteiger partial charge in [-0.15, -0.1) is 0 Å². The maximum absolute atomic E-state index is 10.5. The van der Waals surface area contributed by atoms with E-state index < -0.39 is 5.97 Å². The van der Waals surface area contributed by atoms with E-state index in [1.165, 1.54) is 0 Å². The fourth-order valence-electron chi connectivity index (χ4n) is 1.72. The van der Waals surface area contributed by atoms with Gasteiger partial charge >= 0.3 is 5.97 Å². The third kappa shape index (κ3) is 2.20. The number of H-pyrrole nitrogens is 1. The Labute approximate surface area is 92.7 Å². The first kappa shape index (κ1) is 10.6. The van der Waals surface area contributed by atoms with Gasteiger partial charge in [-0.2, -0.15) is 0 Å². The monoisotopic (exact) mass is 219 g/mol. The van der Waals surface area contributed by atoms with Crippen molar-refractivity contribution in [1.29, 1.82) is 0 Å². The van der Waals surface area contributed by atoms with E-state index >= 15 is 0 Å². The van der Waals surface area contributed by atoms with Gasteiger partial charge in [0, 0.05) is 24.3 Å². The Bertz CT molecular complexity index is 507. The topological polar surface area (TPSA) is 69.2 Å². The number of aromatic nitrogens is 2. The first-order valence-electron chi connectivity index (χ1n) is 4.98. The standard InChI is InChI=1S/C11H13N3O2/c1-14(7-10(15)16)6-8-5-13-11-9(8)3-2-4-12-11/h2-5H,6-7H2,1H3,(H,12,13)(H,15,16). The van der Waals surface area contributed by atoms with Gasteiger partial charge in [-0.1, -0.05) is 0 Å². The predicted octanol–water partition coefficient (Wildman–Crippen LogP) is 1.08.